The monoisotopic (exact) mass is 858 g/mol. The average molecular weight is 859 g/mol. The fourth-order valence-corrected chi connectivity index (χ4v) is 8.43. The summed E-state index contributed by atoms with van der Waals surface area (Å²) in [7, 11) is 0. The number of esters is 1. The van der Waals surface area contributed by atoms with E-state index in [0.29, 0.717) is 32.2 Å². The molecule has 10 heteroatoms. The second-order valence-corrected chi connectivity index (χ2v) is 13.8. The largest absolute Gasteiger partial charge is 0.487 e. The van der Waals surface area contributed by atoms with Gasteiger partial charge in [0.1, 0.15) is 12.4 Å². The number of halogens is 3. The maximum atomic E-state index is 14.2. The quantitative estimate of drug-likeness (QED) is 0.121. The zero-order valence-corrected chi connectivity index (χ0v) is 29.8. The normalized spacial score (nSPS) is 14.6. The van der Waals surface area contributed by atoms with E-state index in [4.69, 9.17) is 26.1 Å². The predicted molar refractivity (Wildman–Crippen MR) is 195 cm³/mol. The van der Waals surface area contributed by atoms with Gasteiger partial charge < -0.3 is 9.47 Å². The molecule has 0 unspecified atom stereocenters. The third-order valence-corrected chi connectivity index (χ3v) is 10.1. The molecule has 1 aliphatic heterocycles. The topological polar surface area (TPSA) is 69.9 Å². The van der Waals surface area contributed by atoms with Crippen LogP contribution in [0.15, 0.2) is 112 Å². The summed E-state index contributed by atoms with van der Waals surface area (Å²) in [6, 6.07) is 29.9. The van der Waals surface area contributed by atoms with E-state index in [-0.39, 0.29) is 12.2 Å². The number of carbonyl (C=O) groups is 1. The van der Waals surface area contributed by atoms with Gasteiger partial charge in [-0.05, 0) is 87.5 Å². The molecule has 2 heterocycles. The molecule has 0 fully saturated rings. The average Bonchev–Trinajstić information content (AvgIpc) is 3.35. The summed E-state index contributed by atoms with van der Waals surface area (Å²) >= 11 is 12.1. The van der Waals surface area contributed by atoms with Crippen LogP contribution in [0.2, 0.25) is 5.02 Å². The number of benzene rings is 4. The Labute approximate surface area is 296 Å². The summed E-state index contributed by atoms with van der Waals surface area (Å²) in [4.78, 5) is 33.2. The number of thiazole rings is 1. The van der Waals surface area contributed by atoms with Crippen LogP contribution in [-0.2, 0) is 16.1 Å². The lowest BCUT2D eigenvalue weighted by molar-refractivity contribution is -0.138. The van der Waals surface area contributed by atoms with Crippen LogP contribution in [0.5, 0.6) is 5.75 Å². The van der Waals surface area contributed by atoms with Crippen molar-refractivity contribution in [3.8, 4) is 5.75 Å². The Morgan fingerprint density at radius 3 is 2.29 bits per heavy atom. The van der Waals surface area contributed by atoms with Crippen LogP contribution in [0.25, 0.3) is 11.8 Å². The fraction of sp³-hybridized carbons (Fsp3) is 0.114. The fourth-order valence-electron chi connectivity index (χ4n) is 5.11. The minimum absolute atomic E-state index is 0.200. The van der Waals surface area contributed by atoms with Crippen molar-refractivity contribution in [3.05, 3.63) is 157 Å². The molecule has 226 valence electrons. The van der Waals surface area contributed by atoms with Crippen LogP contribution in [-0.4, -0.2) is 17.1 Å². The summed E-state index contributed by atoms with van der Waals surface area (Å²) in [6.45, 7) is 2.31. The highest BCUT2D eigenvalue weighted by Gasteiger charge is 2.35. The third kappa shape index (κ3) is 6.67. The highest BCUT2D eigenvalue weighted by atomic mass is 127. The first kappa shape index (κ1) is 31.7. The van der Waals surface area contributed by atoms with E-state index in [9.17, 15) is 9.59 Å². The molecular formula is C35H25ClI2N2O4S. The summed E-state index contributed by atoms with van der Waals surface area (Å²) < 4.78 is 15.6. The zero-order chi connectivity index (χ0) is 31.5. The lowest BCUT2D eigenvalue weighted by atomic mass is 9.93. The van der Waals surface area contributed by atoms with E-state index >= 15 is 0 Å². The minimum atomic E-state index is -0.709. The first-order valence-electron chi connectivity index (χ1n) is 14.0. The van der Waals surface area contributed by atoms with E-state index in [1.54, 1.807) is 11.5 Å². The lowest BCUT2D eigenvalue weighted by Gasteiger charge is -2.25. The molecule has 5 aromatic rings. The molecule has 0 aliphatic carbocycles. The molecule has 45 heavy (non-hydrogen) atoms. The van der Waals surface area contributed by atoms with E-state index in [2.05, 4.69) is 45.2 Å². The van der Waals surface area contributed by atoms with Crippen molar-refractivity contribution in [1.29, 1.82) is 0 Å². The Morgan fingerprint density at radius 2 is 1.62 bits per heavy atom. The molecule has 1 aromatic heterocycles. The second kappa shape index (κ2) is 14.0. The summed E-state index contributed by atoms with van der Waals surface area (Å²) in [5.41, 5.74) is 3.92. The molecule has 6 rings (SSSR count). The van der Waals surface area contributed by atoms with Gasteiger partial charge in [0.25, 0.3) is 5.56 Å². The summed E-state index contributed by atoms with van der Waals surface area (Å²) in [5.74, 6) is 0.255. The van der Waals surface area contributed by atoms with Crippen molar-refractivity contribution < 1.29 is 14.3 Å². The SMILES string of the molecule is CCOC(=O)C1=C(c2ccccc2)N=c2s/c(=C\c3cc(I)c(OCc4ccccc4Cl)c(I)c3)c(=O)n2[C@H]1c1ccccc1. The smallest absolute Gasteiger partial charge is 0.338 e. The molecule has 6 nitrogen and oxygen atoms in total. The minimum Gasteiger partial charge on any atom is -0.487 e. The van der Waals surface area contributed by atoms with Crippen LogP contribution in [0.3, 0.4) is 0 Å². The summed E-state index contributed by atoms with van der Waals surface area (Å²) in [5, 5.41) is 0.657. The number of carbonyl (C=O) groups excluding carboxylic acids is 1. The molecule has 0 saturated heterocycles. The van der Waals surface area contributed by atoms with Gasteiger partial charge in [-0.15, -0.1) is 0 Å². The van der Waals surface area contributed by atoms with E-state index in [1.165, 1.54) is 11.3 Å². The molecule has 0 N–H and O–H groups in total. The number of hydrogen-bond acceptors (Lipinski definition) is 6. The summed E-state index contributed by atoms with van der Waals surface area (Å²) in [6.07, 6.45) is 1.87. The number of nitrogens with zero attached hydrogens (tertiary/aromatic N) is 2. The van der Waals surface area contributed by atoms with Crippen LogP contribution in [0, 0.1) is 7.14 Å². The van der Waals surface area contributed by atoms with Crippen molar-refractivity contribution in [1.82, 2.24) is 4.57 Å². The Hall–Kier alpha value is -3.26. The Kier molecular flexibility index (Phi) is 9.88. The van der Waals surface area contributed by atoms with Gasteiger partial charge in [0.05, 0.1) is 35.6 Å². The van der Waals surface area contributed by atoms with Gasteiger partial charge in [0, 0.05) is 16.1 Å². The molecule has 0 spiro atoms. The second-order valence-electron chi connectivity index (χ2n) is 10.0. The van der Waals surface area contributed by atoms with Gasteiger partial charge in [-0.25, -0.2) is 9.79 Å². The molecule has 1 aliphatic rings. The number of ether oxygens (including phenoxy) is 2. The molecule has 0 saturated carbocycles. The van der Waals surface area contributed by atoms with Gasteiger partial charge >= 0.3 is 5.97 Å². The van der Waals surface area contributed by atoms with E-state index < -0.39 is 12.0 Å². The molecular weight excluding hydrogens is 834 g/mol. The van der Waals surface area contributed by atoms with Gasteiger partial charge in [-0.3, -0.25) is 9.36 Å². The van der Waals surface area contributed by atoms with Gasteiger partial charge in [0.2, 0.25) is 0 Å². The Balaban J connectivity index is 1.47. The van der Waals surface area contributed by atoms with E-state index in [1.807, 2.05) is 103 Å². The predicted octanol–water partition coefficient (Wildman–Crippen LogP) is 7.38. The van der Waals surface area contributed by atoms with Crippen molar-refractivity contribution in [3.63, 3.8) is 0 Å². The van der Waals surface area contributed by atoms with E-state index in [0.717, 1.165) is 35.1 Å². The van der Waals surface area contributed by atoms with Gasteiger partial charge in [0.15, 0.2) is 4.80 Å². The first-order valence-corrected chi connectivity index (χ1v) is 17.4. The van der Waals surface area contributed by atoms with Crippen molar-refractivity contribution in [2.45, 2.75) is 19.6 Å². The maximum absolute atomic E-state index is 14.2. The molecule has 0 bridgehead atoms. The third-order valence-electron chi connectivity index (χ3n) is 7.14. The maximum Gasteiger partial charge on any atom is 0.338 e. The molecule has 0 radical (unpaired) electrons. The van der Waals surface area contributed by atoms with Gasteiger partial charge in [-0.2, -0.15) is 0 Å². The van der Waals surface area contributed by atoms with Gasteiger partial charge in [-0.1, -0.05) is 102 Å². The highest BCUT2D eigenvalue weighted by Crippen LogP contribution is 2.35. The zero-order valence-electron chi connectivity index (χ0n) is 23.9. The van der Waals surface area contributed by atoms with Crippen molar-refractivity contribution >= 4 is 85.9 Å². The molecule has 4 aromatic carbocycles. The number of hydrogen-bond donors (Lipinski definition) is 0. The van der Waals surface area contributed by atoms with Crippen molar-refractivity contribution in [2.75, 3.05) is 6.61 Å². The van der Waals surface area contributed by atoms with Crippen LogP contribution in [0.4, 0.5) is 0 Å². The number of fused-ring (bicyclic) bond motifs is 1. The number of aromatic nitrogens is 1. The highest BCUT2D eigenvalue weighted by molar-refractivity contribution is 14.1. The van der Waals surface area contributed by atoms with Crippen LogP contribution < -0.4 is 19.6 Å². The Morgan fingerprint density at radius 1 is 0.978 bits per heavy atom. The Bertz CT molecular complexity index is 2090. The molecule has 1 atom stereocenters. The first-order chi connectivity index (χ1) is 21.9. The standard InChI is InChI=1S/C35H25ClI2N2O4S/c1-2-43-34(42)29-30(22-11-5-3-6-12-22)39-35-40(31(29)23-13-7-4-8-14-23)33(41)28(45-35)19-21-17-26(37)32(27(38)18-21)44-20-24-15-9-10-16-25(24)36/h3-19,31H,2,20H2,1H3/b28-19-/t31-/m0/s1. The number of rotatable bonds is 8. The lowest BCUT2D eigenvalue weighted by Crippen LogP contribution is -2.40. The van der Waals surface area contributed by atoms with Crippen LogP contribution >= 0.6 is 68.1 Å². The molecule has 0 amide bonds. The van der Waals surface area contributed by atoms with Crippen LogP contribution in [0.1, 0.15) is 35.2 Å². The van der Waals surface area contributed by atoms with Crippen molar-refractivity contribution in [2.24, 2.45) is 4.99 Å².